The zero-order chi connectivity index (χ0) is 23.3. The van der Waals surface area contributed by atoms with Crippen LogP contribution in [0.4, 0.5) is 10.7 Å². The molecule has 4 aromatic rings. The Morgan fingerprint density at radius 2 is 2.03 bits per heavy atom. The minimum absolute atomic E-state index is 0. The highest BCUT2D eigenvalue weighted by molar-refractivity contribution is 5.97. The fraction of sp³-hybridized carbons (Fsp3) is 0.308. The molecule has 3 aromatic heterocycles. The summed E-state index contributed by atoms with van der Waals surface area (Å²) in [6.45, 7) is 6.22. The minimum atomic E-state index is -0.554. The van der Waals surface area contributed by atoms with Gasteiger partial charge in [0.2, 0.25) is 5.95 Å². The highest BCUT2D eigenvalue weighted by atomic mass is 16.5. The molecule has 9 nitrogen and oxygen atoms in total. The molecule has 0 atom stereocenters. The normalized spacial score (nSPS) is 13.9. The first-order valence-electron chi connectivity index (χ1n) is 11.3. The Hall–Kier alpha value is -3.82. The number of carbonyl (C=O) groups excluding carboxylic acids is 1. The van der Waals surface area contributed by atoms with Crippen molar-refractivity contribution in [3.8, 4) is 22.4 Å². The summed E-state index contributed by atoms with van der Waals surface area (Å²) in [5.41, 5.74) is 6.31. The van der Waals surface area contributed by atoms with Gasteiger partial charge < -0.3 is 14.5 Å². The first-order chi connectivity index (χ1) is 16.7. The van der Waals surface area contributed by atoms with Crippen molar-refractivity contribution in [3.05, 3.63) is 60.6 Å². The summed E-state index contributed by atoms with van der Waals surface area (Å²) >= 11 is 0. The Bertz CT molecular complexity index is 1280. The number of nitrogens with one attached hydrogen (secondary N) is 2. The van der Waals surface area contributed by atoms with Gasteiger partial charge in [-0.05, 0) is 48.4 Å². The van der Waals surface area contributed by atoms with Crippen molar-refractivity contribution < 1.29 is 14.3 Å². The molecule has 4 heterocycles. The number of hydrogen-bond acceptors (Lipinski definition) is 7. The maximum absolute atomic E-state index is 11.9. The summed E-state index contributed by atoms with van der Waals surface area (Å²) < 4.78 is 10.5. The summed E-state index contributed by atoms with van der Waals surface area (Å²) in [5, 5.41) is 2.66. The highest BCUT2D eigenvalue weighted by Crippen LogP contribution is 2.33. The van der Waals surface area contributed by atoms with E-state index in [0.717, 1.165) is 66.3 Å². The predicted molar refractivity (Wildman–Crippen MR) is 136 cm³/mol. The second kappa shape index (κ2) is 11.1. The molecule has 0 radical (unpaired) electrons. The van der Waals surface area contributed by atoms with Crippen LogP contribution in [-0.4, -0.2) is 63.8 Å². The summed E-state index contributed by atoms with van der Waals surface area (Å²) in [6, 6.07) is 12.1. The number of pyridine rings is 2. The Kier molecular flexibility index (Phi) is 7.69. The molecule has 9 heteroatoms. The molecule has 1 amide bonds. The molecular formula is C26H30N6O3. The number of anilines is 1. The molecule has 0 bridgehead atoms. The molecule has 0 aliphatic carbocycles. The number of hydrogen-bond donors (Lipinski definition) is 2. The van der Waals surface area contributed by atoms with Gasteiger partial charge in [-0.25, -0.2) is 9.78 Å². The van der Waals surface area contributed by atoms with E-state index < -0.39 is 6.09 Å². The number of rotatable bonds is 6. The number of imidazole rings is 1. The summed E-state index contributed by atoms with van der Waals surface area (Å²) in [5.74, 6) is 0.322. The number of morpholine rings is 1. The molecule has 1 saturated heterocycles. The van der Waals surface area contributed by atoms with Crippen LogP contribution in [0.25, 0.3) is 33.4 Å². The first kappa shape index (κ1) is 24.3. The molecule has 182 valence electrons. The van der Waals surface area contributed by atoms with E-state index in [1.165, 1.54) is 5.56 Å². The molecule has 0 spiro atoms. The molecule has 1 aliphatic heterocycles. The number of H-pyrrole nitrogens is 1. The standard InChI is InChI=1S/C25H26N6O3.CH4/c1-2-34-25(32)30-24-28-22-14-19(18-4-3-6-26-15-18)13-20(23(22)29-24)21-12-17(5-7-27-21)16-31-8-10-33-11-9-31;/h3-7,12-15H,2,8-11,16H2,1H3,(H2,28,29,30,32);1H4. The monoisotopic (exact) mass is 474 g/mol. The average molecular weight is 475 g/mol. The van der Waals surface area contributed by atoms with E-state index >= 15 is 0 Å². The lowest BCUT2D eigenvalue weighted by Gasteiger charge is -2.26. The Balaban J connectivity index is 0.00000289. The lowest BCUT2D eigenvalue weighted by atomic mass is 10.00. The van der Waals surface area contributed by atoms with Crippen molar-refractivity contribution in [3.63, 3.8) is 0 Å². The number of carbonyl (C=O) groups is 1. The molecule has 0 unspecified atom stereocenters. The number of fused-ring (bicyclic) bond motifs is 1. The van der Waals surface area contributed by atoms with E-state index in [0.29, 0.717) is 5.95 Å². The second-order valence-corrected chi connectivity index (χ2v) is 8.03. The Morgan fingerprint density at radius 3 is 2.80 bits per heavy atom. The molecule has 2 N–H and O–H groups in total. The van der Waals surface area contributed by atoms with Crippen LogP contribution in [0.2, 0.25) is 0 Å². The average Bonchev–Trinajstić information content (AvgIpc) is 3.27. The molecular weight excluding hydrogens is 444 g/mol. The molecule has 5 rings (SSSR count). The van der Waals surface area contributed by atoms with Crippen molar-refractivity contribution in [1.82, 2.24) is 24.8 Å². The lowest BCUT2D eigenvalue weighted by Crippen LogP contribution is -2.35. The smallest absolute Gasteiger partial charge is 0.413 e. The van der Waals surface area contributed by atoms with Gasteiger partial charge >= 0.3 is 6.09 Å². The van der Waals surface area contributed by atoms with Gasteiger partial charge in [0.25, 0.3) is 0 Å². The van der Waals surface area contributed by atoms with Crippen LogP contribution in [0.5, 0.6) is 0 Å². The molecule has 1 aromatic carbocycles. The number of aromatic amines is 1. The van der Waals surface area contributed by atoms with Crippen LogP contribution in [0, 0.1) is 0 Å². The van der Waals surface area contributed by atoms with Crippen LogP contribution < -0.4 is 5.32 Å². The number of aromatic nitrogens is 4. The quantitative estimate of drug-likeness (QED) is 0.416. The van der Waals surface area contributed by atoms with E-state index in [4.69, 9.17) is 9.47 Å². The van der Waals surface area contributed by atoms with Crippen molar-refractivity contribution in [2.75, 3.05) is 38.2 Å². The molecule has 0 saturated carbocycles. The van der Waals surface area contributed by atoms with E-state index in [-0.39, 0.29) is 14.0 Å². The Morgan fingerprint density at radius 1 is 1.17 bits per heavy atom. The van der Waals surface area contributed by atoms with Gasteiger partial charge in [-0.3, -0.25) is 20.2 Å². The maximum atomic E-state index is 11.9. The third kappa shape index (κ3) is 5.64. The molecule has 1 fully saturated rings. The van der Waals surface area contributed by atoms with Gasteiger partial charge in [-0.1, -0.05) is 13.5 Å². The van der Waals surface area contributed by atoms with Crippen molar-refractivity contribution in [2.24, 2.45) is 0 Å². The van der Waals surface area contributed by atoms with Crippen LogP contribution in [-0.2, 0) is 16.0 Å². The second-order valence-electron chi connectivity index (χ2n) is 8.03. The zero-order valence-electron chi connectivity index (χ0n) is 19.0. The van der Waals surface area contributed by atoms with Crippen LogP contribution in [0.3, 0.4) is 0 Å². The molecule has 1 aliphatic rings. The summed E-state index contributed by atoms with van der Waals surface area (Å²) in [4.78, 5) is 31.1. The van der Waals surface area contributed by atoms with Gasteiger partial charge in [-0.2, -0.15) is 0 Å². The number of nitrogens with zero attached hydrogens (tertiary/aromatic N) is 4. The van der Waals surface area contributed by atoms with Gasteiger partial charge in [0.05, 0.1) is 36.5 Å². The van der Waals surface area contributed by atoms with E-state index in [2.05, 4.69) is 42.3 Å². The first-order valence-corrected chi connectivity index (χ1v) is 11.3. The van der Waals surface area contributed by atoms with Gasteiger partial charge in [0, 0.05) is 49.4 Å². The zero-order valence-corrected chi connectivity index (χ0v) is 19.0. The largest absolute Gasteiger partial charge is 0.450 e. The number of ether oxygens (including phenoxy) is 2. The Labute approximate surface area is 204 Å². The summed E-state index contributed by atoms with van der Waals surface area (Å²) in [6.07, 6.45) is 4.85. The van der Waals surface area contributed by atoms with Crippen molar-refractivity contribution >= 4 is 23.1 Å². The predicted octanol–water partition coefficient (Wildman–Crippen LogP) is 4.72. The maximum Gasteiger partial charge on any atom is 0.413 e. The molecule has 35 heavy (non-hydrogen) atoms. The number of benzene rings is 1. The fourth-order valence-electron chi connectivity index (χ4n) is 4.07. The number of amides is 1. The van der Waals surface area contributed by atoms with Gasteiger partial charge in [0.1, 0.15) is 0 Å². The SMILES string of the molecule is C.CCOC(=O)Nc1nc2c(-c3cc(CN4CCOCC4)ccn3)cc(-c3cccnc3)cc2[nH]1. The van der Waals surface area contributed by atoms with Crippen molar-refractivity contribution in [2.45, 2.75) is 20.9 Å². The van der Waals surface area contributed by atoms with E-state index in [9.17, 15) is 4.79 Å². The highest BCUT2D eigenvalue weighted by Gasteiger charge is 2.16. The topological polar surface area (TPSA) is 105 Å². The lowest BCUT2D eigenvalue weighted by molar-refractivity contribution is 0.0342. The fourth-order valence-corrected chi connectivity index (χ4v) is 4.07. The third-order valence-electron chi connectivity index (χ3n) is 5.69. The van der Waals surface area contributed by atoms with Crippen LogP contribution in [0.1, 0.15) is 19.9 Å². The minimum Gasteiger partial charge on any atom is -0.450 e. The van der Waals surface area contributed by atoms with Crippen LogP contribution in [0.15, 0.2) is 55.0 Å². The van der Waals surface area contributed by atoms with Gasteiger partial charge in [-0.15, -0.1) is 0 Å². The van der Waals surface area contributed by atoms with E-state index in [1.807, 2.05) is 36.7 Å². The van der Waals surface area contributed by atoms with Crippen molar-refractivity contribution in [1.29, 1.82) is 0 Å². The summed E-state index contributed by atoms with van der Waals surface area (Å²) in [7, 11) is 0. The van der Waals surface area contributed by atoms with Crippen LogP contribution >= 0.6 is 0 Å². The van der Waals surface area contributed by atoms with Gasteiger partial charge in [0.15, 0.2) is 0 Å². The third-order valence-corrected chi connectivity index (χ3v) is 5.69. The van der Waals surface area contributed by atoms with E-state index in [1.54, 1.807) is 13.1 Å².